The van der Waals surface area contributed by atoms with Crippen LogP contribution in [0.2, 0.25) is 17.3 Å². The Hall–Kier alpha value is -6.12. The molecule has 0 fully saturated rings. The van der Waals surface area contributed by atoms with Gasteiger partial charge in [-0.2, -0.15) is 0 Å². The third-order valence-corrected chi connectivity index (χ3v) is 15.8. The van der Waals surface area contributed by atoms with Crippen LogP contribution in [0.1, 0.15) is 26.3 Å². The topological polar surface area (TPSA) is 61.7 Å². The van der Waals surface area contributed by atoms with Crippen molar-refractivity contribution in [1.29, 1.82) is 0 Å². The summed E-state index contributed by atoms with van der Waals surface area (Å²) in [6.07, 6.45) is 3.80. The van der Waals surface area contributed by atoms with Crippen molar-refractivity contribution in [3.05, 3.63) is 182 Å². The third kappa shape index (κ3) is 7.49. The van der Waals surface area contributed by atoms with Gasteiger partial charge in [-0.3, -0.25) is 4.98 Å². The number of imidazole rings is 1. The van der Waals surface area contributed by atoms with Crippen molar-refractivity contribution in [2.24, 2.45) is 0 Å². The fourth-order valence-corrected chi connectivity index (χ4v) is 10.4. The monoisotopic (exact) mass is 1050 g/mol. The van der Waals surface area contributed by atoms with Crippen LogP contribution in [0.5, 0.6) is 0 Å². The Bertz CT molecular complexity index is 3370. The number of hydrogen-bond acceptors (Lipinski definition) is 4. The van der Waals surface area contributed by atoms with E-state index in [2.05, 4.69) is 166 Å². The number of benzene rings is 6. The van der Waals surface area contributed by atoms with Gasteiger partial charge in [0.1, 0.15) is 0 Å². The molecule has 11 rings (SSSR count). The quantitative estimate of drug-likeness (QED) is 0.127. The van der Waals surface area contributed by atoms with E-state index in [1.165, 1.54) is 26.2 Å². The molecule has 62 heavy (non-hydrogen) atoms. The summed E-state index contributed by atoms with van der Waals surface area (Å²) in [5.74, 6) is 7.92. The largest absolute Gasteiger partial charge is 0 e. The molecule has 11 aromatic rings. The molecule has 0 N–H and O–H groups in total. The summed E-state index contributed by atoms with van der Waals surface area (Å²) in [4.78, 5) is 14.2. The van der Waals surface area contributed by atoms with Crippen molar-refractivity contribution in [3.63, 3.8) is 0 Å². The summed E-state index contributed by atoms with van der Waals surface area (Å²) in [5.41, 5.74) is 12.0. The standard InChI is InChI=1S/C40H29N4O.C14H16GeN.Ir/c1-40(2,3)25-18-20-28-29-21-19-27(24-36(29)43(35(28)23-25)26-11-5-4-6-12-26)44-34-17-8-7-16-33(34)42-38(44)32-14-9-13-30-31-15-10-22-41-39(31)45-37(30)32;1-15(2,3)13-9-10-14(16-11-13)12-7-5-4-6-8-12;/h4-13,15-24H,1-3H3;4-7,9-11H,1-3H3;/q2*-1;. The molecule has 0 spiro atoms. The van der Waals surface area contributed by atoms with Crippen LogP contribution in [0.3, 0.4) is 0 Å². The van der Waals surface area contributed by atoms with Gasteiger partial charge in [-0.15, -0.1) is 18.2 Å². The summed E-state index contributed by atoms with van der Waals surface area (Å²) in [7, 11) is 0. The van der Waals surface area contributed by atoms with E-state index in [-0.39, 0.29) is 25.5 Å². The third-order valence-electron chi connectivity index (χ3n) is 11.5. The van der Waals surface area contributed by atoms with E-state index in [4.69, 9.17) is 9.40 Å². The number of para-hydroxylation sites is 3. The molecule has 5 aromatic heterocycles. The molecule has 0 aliphatic carbocycles. The molecule has 0 atom stereocenters. The van der Waals surface area contributed by atoms with Gasteiger partial charge in [0.25, 0.3) is 0 Å². The Morgan fingerprint density at radius 3 is 2.10 bits per heavy atom. The zero-order chi connectivity index (χ0) is 41.9. The Morgan fingerprint density at radius 1 is 0.597 bits per heavy atom. The molecule has 0 aliphatic rings. The molecule has 1 radical (unpaired) electrons. The minimum atomic E-state index is -1.72. The second-order valence-corrected chi connectivity index (χ2v) is 28.3. The molecule has 0 saturated carbocycles. The van der Waals surface area contributed by atoms with Gasteiger partial charge < -0.3 is 13.6 Å². The number of hydrogen-bond donors (Lipinski definition) is 0. The van der Waals surface area contributed by atoms with Gasteiger partial charge in [-0.05, 0) is 65.6 Å². The minimum Gasteiger partial charge on any atom is 0 e. The Labute approximate surface area is 378 Å². The number of aromatic nitrogens is 5. The maximum absolute atomic E-state index is 6.35. The maximum atomic E-state index is 6.35. The maximum Gasteiger partial charge on any atom is 0 e. The minimum absolute atomic E-state index is 0. The zero-order valence-corrected chi connectivity index (χ0v) is 40.1. The van der Waals surface area contributed by atoms with Crippen LogP contribution in [-0.4, -0.2) is 37.4 Å². The number of rotatable bonds is 5. The van der Waals surface area contributed by atoms with Crippen molar-refractivity contribution >= 4 is 72.6 Å². The number of fused-ring (bicyclic) bond motifs is 7. The van der Waals surface area contributed by atoms with Crippen molar-refractivity contribution in [2.75, 3.05) is 0 Å². The van der Waals surface area contributed by atoms with Gasteiger partial charge in [-0.1, -0.05) is 80.3 Å². The first-order valence-corrected chi connectivity index (χ1v) is 28.1. The van der Waals surface area contributed by atoms with E-state index in [9.17, 15) is 0 Å². The van der Waals surface area contributed by atoms with Gasteiger partial charge in [0, 0.05) is 53.8 Å². The zero-order valence-electron chi connectivity index (χ0n) is 35.6. The smallest absolute Gasteiger partial charge is 0 e. The SMILES string of the molecule is CC(C)(C)c1ccc2c3ccc(-n4c(-c5[c-]ccc6c5oc5ncccc56)nc5ccccc54)cc3n(-c3ccccc3)c2c1.[CH3][Ge]([CH3])([CH3])[c]1ccc(-c2[c-]cccc2)nc1.[Ir]. The second kappa shape index (κ2) is 16.3. The molecule has 0 unspecified atom stereocenters. The molecular formula is C54H45GeIrN5O-2. The molecule has 8 heteroatoms. The van der Waals surface area contributed by atoms with E-state index < -0.39 is 13.3 Å². The number of nitrogens with zero attached hydrogens (tertiary/aromatic N) is 5. The van der Waals surface area contributed by atoms with E-state index >= 15 is 0 Å². The van der Waals surface area contributed by atoms with Crippen molar-refractivity contribution in [2.45, 2.75) is 43.5 Å². The van der Waals surface area contributed by atoms with E-state index in [0.717, 1.165) is 66.9 Å². The van der Waals surface area contributed by atoms with Crippen LogP contribution in [-0.2, 0) is 25.5 Å². The first-order chi connectivity index (χ1) is 29.5. The van der Waals surface area contributed by atoms with Crippen LogP contribution in [0.15, 0.2) is 168 Å². The average molecular weight is 1040 g/mol. The molecule has 6 aromatic carbocycles. The fraction of sp³-hybridized carbons (Fsp3) is 0.130. The first-order valence-electron chi connectivity index (χ1n) is 20.8. The molecule has 6 nitrogen and oxygen atoms in total. The molecule has 307 valence electrons. The van der Waals surface area contributed by atoms with Crippen molar-refractivity contribution in [3.8, 4) is 34.0 Å². The average Bonchev–Trinajstić information content (AvgIpc) is 3.96. The van der Waals surface area contributed by atoms with Crippen LogP contribution < -0.4 is 4.40 Å². The van der Waals surface area contributed by atoms with Gasteiger partial charge in [-0.25, -0.2) is 4.98 Å². The van der Waals surface area contributed by atoms with Gasteiger partial charge in [0.2, 0.25) is 5.71 Å². The van der Waals surface area contributed by atoms with E-state index in [1.54, 1.807) is 6.20 Å². The molecular weight excluding hydrogens is 999 g/mol. The summed E-state index contributed by atoms with van der Waals surface area (Å²) in [5, 5.41) is 4.42. The van der Waals surface area contributed by atoms with E-state index in [0.29, 0.717) is 5.71 Å². The normalized spacial score (nSPS) is 11.9. The Kier molecular flexibility index (Phi) is 10.8. The molecule has 0 amide bonds. The molecule has 0 aliphatic heterocycles. The fourth-order valence-electron chi connectivity index (χ4n) is 8.21. The molecule has 5 heterocycles. The second-order valence-electron chi connectivity index (χ2n) is 17.6. The molecule has 0 bridgehead atoms. The summed E-state index contributed by atoms with van der Waals surface area (Å²) >= 11 is -1.72. The predicted molar refractivity (Wildman–Crippen MR) is 255 cm³/mol. The summed E-state index contributed by atoms with van der Waals surface area (Å²) < 4.78 is 12.4. The van der Waals surface area contributed by atoms with Crippen LogP contribution in [0, 0.1) is 12.1 Å². The Balaban J connectivity index is 0.000000244. The first kappa shape index (κ1) is 41.2. The Morgan fingerprint density at radius 2 is 1.35 bits per heavy atom. The van der Waals surface area contributed by atoms with Crippen molar-refractivity contribution in [1.82, 2.24) is 24.1 Å². The van der Waals surface area contributed by atoms with Gasteiger partial charge >= 0.3 is 99.8 Å². The summed E-state index contributed by atoms with van der Waals surface area (Å²) in [6.45, 7) is 6.80. The van der Waals surface area contributed by atoms with Gasteiger partial charge in [0.05, 0.1) is 33.5 Å². The predicted octanol–water partition coefficient (Wildman–Crippen LogP) is 13.3. The van der Waals surface area contributed by atoms with Crippen molar-refractivity contribution < 1.29 is 24.5 Å². The van der Waals surface area contributed by atoms with Gasteiger partial charge in [0.15, 0.2) is 0 Å². The number of furan rings is 1. The number of pyridine rings is 2. The van der Waals surface area contributed by atoms with Crippen LogP contribution >= 0.6 is 0 Å². The molecule has 0 saturated heterocycles. The van der Waals surface area contributed by atoms with Crippen LogP contribution in [0.4, 0.5) is 0 Å². The summed E-state index contributed by atoms with van der Waals surface area (Å²) in [6, 6.07) is 59.5. The van der Waals surface area contributed by atoms with E-state index in [1.807, 2.05) is 60.8 Å². The van der Waals surface area contributed by atoms with Crippen LogP contribution in [0.25, 0.3) is 88.9 Å².